The highest BCUT2D eigenvalue weighted by Crippen LogP contribution is 2.02. The summed E-state index contributed by atoms with van der Waals surface area (Å²) in [6.45, 7) is 0. The van der Waals surface area contributed by atoms with E-state index in [0.717, 1.165) is 5.65 Å². The van der Waals surface area contributed by atoms with Gasteiger partial charge in [0.05, 0.1) is 7.11 Å². The van der Waals surface area contributed by atoms with Crippen LogP contribution < -0.4 is 5.65 Å². The number of amides is 1. The van der Waals surface area contributed by atoms with Gasteiger partial charge in [-0.2, -0.15) is 0 Å². The second-order valence-electron chi connectivity index (χ2n) is 2.23. The lowest BCUT2D eigenvalue weighted by Gasteiger charge is -2.14. The van der Waals surface area contributed by atoms with Gasteiger partial charge in [0.1, 0.15) is 0 Å². The van der Waals surface area contributed by atoms with Crippen molar-refractivity contribution in [2.45, 2.75) is 0 Å². The third kappa shape index (κ3) is 2.24. The van der Waals surface area contributed by atoms with Crippen LogP contribution in [-0.2, 0) is 4.84 Å². The molecule has 0 atom stereocenters. The summed E-state index contributed by atoms with van der Waals surface area (Å²) in [7, 11) is 1.19. The summed E-state index contributed by atoms with van der Waals surface area (Å²) in [5, 5.41) is 0.398. The van der Waals surface area contributed by atoms with E-state index in [4.69, 9.17) is 0 Å². The van der Waals surface area contributed by atoms with Crippen LogP contribution in [-0.4, -0.2) is 18.2 Å². The lowest BCUT2D eigenvalue weighted by molar-refractivity contribution is -0.171. The minimum atomic E-state index is -0.592. The molecule has 1 aromatic rings. The predicted molar refractivity (Wildman–Crippen MR) is 43.9 cm³/mol. The second kappa shape index (κ2) is 4.54. The van der Waals surface area contributed by atoms with Crippen molar-refractivity contribution in [3.63, 3.8) is 0 Å². The van der Waals surface area contributed by atoms with Crippen molar-refractivity contribution in [1.29, 1.82) is 0 Å². The van der Waals surface area contributed by atoms with Crippen LogP contribution in [0.25, 0.3) is 0 Å². The van der Waals surface area contributed by atoms with Gasteiger partial charge in [0.2, 0.25) is 0 Å². The highest BCUT2D eigenvalue weighted by molar-refractivity contribution is 5.93. The molecule has 1 rings (SSSR count). The Labute approximate surface area is 74.8 Å². The number of carbonyl (C=O) groups is 1. The van der Waals surface area contributed by atoms with E-state index in [9.17, 15) is 9.28 Å². The molecule has 0 spiro atoms. The number of hydrogen-bond donors (Lipinski definition) is 1. The highest BCUT2D eigenvalue weighted by atomic mass is 19.2. The number of hydrogen-bond acceptors (Lipinski definition) is 3. The van der Waals surface area contributed by atoms with Crippen molar-refractivity contribution >= 4 is 5.91 Å². The van der Waals surface area contributed by atoms with Gasteiger partial charge in [-0.15, -0.1) is 9.65 Å². The maximum Gasteiger partial charge on any atom is 0.294 e. The first kappa shape index (κ1) is 9.63. The average molecular weight is 184 g/mol. The monoisotopic (exact) mass is 184 g/mol. The minimum absolute atomic E-state index is 0.342. The smallest absolute Gasteiger partial charge is 0.265 e. The van der Waals surface area contributed by atoms with Crippen molar-refractivity contribution in [3.8, 4) is 0 Å². The van der Waals surface area contributed by atoms with E-state index < -0.39 is 5.91 Å². The molecule has 5 heteroatoms. The van der Waals surface area contributed by atoms with Gasteiger partial charge in [-0.3, -0.25) is 9.63 Å². The summed E-state index contributed by atoms with van der Waals surface area (Å²) >= 11 is 0. The Hall–Kier alpha value is -1.46. The van der Waals surface area contributed by atoms with Crippen molar-refractivity contribution in [1.82, 2.24) is 10.8 Å². The number of hydrazine groups is 1. The van der Waals surface area contributed by atoms with Crippen molar-refractivity contribution in [2.24, 2.45) is 0 Å². The SMILES string of the molecule is CON(NF)C(=O)c1ccccc1. The van der Waals surface area contributed by atoms with Crippen LogP contribution in [0.2, 0.25) is 0 Å². The van der Waals surface area contributed by atoms with Crippen LogP contribution in [0.3, 0.4) is 0 Å². The summed E-state index contributed by atoms with van der Waals surface area (Å²) in [6, 6.07) is 8.24. The lowest BCUT2D eigenvalue weighted by atomic mass is 10.2. The number of rotatable bonds is 3. The van der Waals surface area contributed by atoms with Gasteiger partial charge in [-0.05, 0) is 17.8 Å². The Morgan fingerprint density at radius 3 is 2.54 bits per heavy atom. The number of nitrogens with zero attached hydrogens (tertiary/aromatic N) is 1. The molecule has 1 amide bonds. The van der Waals surface area contributed by atoms with Gasteiger partial charge in [-0.25, -0.2) is 0 Å². The molecule has 13 heavy (non-hydrogen) atoms. The molecular formula is C8H9FN2O2. The Balaban J connectivity index is 2.78. The van der Waals surface area contributed by atoms with Gasteiger partial charge in [0, 0.05) is 5.56 Å². The Kier molecular flexibility index (Phi) is 3.36. The topological polar surface area (TPSA) is 41.6 Å². The van der Waals surface area contributed by atoms with E-state index in [1.165, 1.54) is 7.11 Å². The Morgan fingerprint density at radius 1 is 1.46 bits per heavy atom. The predicted octanol–water partition coefficient (Wildman–Crippen LogP) is 1.08. The molecule has 4 nitrogen and oxygen atoms in total. The number of halogens is 1. The number of carbonyl (C=O) groups excluding carboxylic acids is 1. The van der Waals surface area contributed by atoms with Crippen LogP contribution in [0.15, 0.2) is 30.3 Å². The van der Waals surface area contributed by atoms with Crippen LogP contribution in [0, 0.1) is 0 Å². The standard InChI is InChI=1S/C8H9FN2O2/c1-13-11(10-9)8(12)7-5-3-2-4-6-7/h2-6,10H,1H3. The van der Waals surface area contributed by atoms with Gasteiger partial charge in [0.25, 0.3) is 5.91 Å². The molecule has 0 unspecified atom stereocenters. The van der Waals surface area contributed by atoms with Gasteiger partial charge < -0.3 is 0 Å². The molecule has 0 saturated carbocycles. The average Bonchev–Trinajstić information content (AvgIpc) is 2.21. The molecule has 0 aliphatic rings. The van der Waals surface area contributed by atoms with Gasteiger partial charge in [-0.1, -0.05) is 18.2 Å². The number of nitrogens with one attached hydrogen (secondary N) is 1. The van der Waals surface area contributed by atoms with Gasteiger partial charge >= 0.3 is 0 Å². The molecule has 0 bridgehead atoms. The Bertz CT molecular complexity index is 275. The summed E-state index contributed by atoms with van der Waals surface area (Å²) in [6.07, 6.45) is 0. The lowest BCUT2D eigenvalue weighted by Crippen LogP contribution is -2.37. The van der Waals surface area contributed by atoms with E-state index in [2.05, 4.69) is 4.84 Å². The van der Waals surface area contributed by atoms with Crippen LogP contribution in [0.5, 0.6) is 0 Å². The zero-order valence-corrected chi connectivity index (χ0v) is 7.03. The van der Waals surface area contributed by atoms with E-state index in [1.807, 2.05) is 0 Å². The molecular weight excluding hydrogens is 175 g/mol. The third-order valence-electron chi connectivity index (χ3n) is 1.46. The number of benzene rings is 1. The summed E-state index contributed by atoms with van der Waals surface area (Å²) in [5.74, 6) is -0.592. The summed E-state index contributed by atoms with van der Waals surface area (Å²) in [4.78, 5) is 15.7. The zero-order chi connectivity index (χ0) is 9.68. The van der Waals surface area contributed by atoms with E-state index in [1.54, 1.807) is 30.3 Å². The molecule has 1 aromatic carbocycles. The largest absolute Gasteiger partial charge is 0.294 e. The molecule has 0 saturated heterocycles. The van der Waals surface area contributed by atoms with Crippen molar-refractivity contribution < 1.29 is 14.1 Å². The quantitative estimate of drug-likeness (QED) is 0.564. The maximum atomic E-state index is 11.9. The fourth-order valence-corrected chi connectivity index (χ4v) is 0.854. The molecule has 0 fully saturated rings. The van der Waals surface area contributed by atoms with Crippen LogP contribution in [0.1, 0.15) is 10.4 Å². The van der Waals surface area contributed by atoms with Crippen LogP contribution in [0.4, 0.5) is 4.48 Å². The molecule has 1 N–H and O–H groups in total. The molecule has 0 aliphatic carbocycles. The first-order chi connectivity index (χ1) is 6.29. The highest BCUT2D eigenvalue weighted by Gasteiger charge is 2.14. The van der Waals surface area contributed by atoms with Crippen molar-refractivity contribution in [2.75, 3.05) is 7.11 Å². The van der Waals surface area contributed by atoms with Crippen molar-refractivity contribution in [3.05, 3.63) is 35.9 Å². The van der Waals surface area contributed by atoms with E-state index in [-0.39, 0.29) is 0 Å². The summed E-state index contributed by atoms with van der Waals surface area (Å²) in [5.41, 5.74) is 1.45. The van der Waals surface area contributed by atoms with E-state index in [0.29, 0.717) is 10.7 Å². The zero-order valence-electron chi connectivity index (χ0n) is 7.03. The molecule has 0 heterocycles. The van der Waals surface area contributed by atoms with Gasteiger partial charge in [0.15, 0.2) is 0 Å². The Morgan fingerprint density at radius 2 is 2.08 bits per heavy atom. The first-order valence-electron chi connectivity index (χ1n) is 3.59. The summed E-state index contributed by atoms with van der Waals surface area (Å²) < 4.78 is 11.9. The maximum absolute atomic E-state index is 11.9. The molecule has 0 aliphatic heterocycles. The minimum Gasteiger partial charge on any atom is -0.265 e. The normalized spacial score (nSPS) is 9.69. The number of hydroxylamine groups is 1. The van der Waals surface area contributed by atoms with Crippen LogP contribution >= 0.6 is 0 Å². The second-order valence-corrected chi connectivity index (χ2v) is 2.23. The molecule has 70 valence electrons. The molecule has 0 radical (unpaired) electrons. The fourth-order valence-electron chi connectivity index (χ4n) is 0.854. The fraction of sp³-hybridized carbons (Fsp3) is 0.125. The molecule has 0 aromatic heterocycles. The third-order valence-corrected chi connectivity index (χ3v) is 1.46. The first-order valence-corrected chi connectivity index (χ1v) is 3.59. The van der Waals surface area contributed by atoms with E-state index >= 15 is 0 Å².